The van der Waals surface area contributed by atoms with Crippen LogP contribution in [-0.2, 0) is 10.8 Å². The van der Waals surface area contributed by atoms with Crippen molar-refractivity contribution in [3.8, 4) is 33.8 Å². The highest BCUT2D eigenvalue weighted by molar-refractivity contribution is 5.93. The molecule has 66 heavy (non-hydrogen) atoms. The molecule has 1 heterocycles. The van der Waals surface area contributed by atoms with E-state index in [9.17, 15) is 0 Å². The maximum absolute atomic E-state index is 7.14. The van der Waals surface area contributed by atoms with Gasteiger partial charge in [0.15, 0.2) is 0 Å². The molecule has 2 unspecified atom stereocenters. The number of para-hydroxylation sites is 4. The summed E-state index contributed by atoms with van der Waals surface area (Å²) in [6.45, 7) is 2.38. The van der Waals surface area contributed by atoms with Gasteiger partial charge in [-0.25, -0.2) is 0 Å². The van der Waals surface area contributed by atoms with Crippen LogP contribution >= 0.6 is 0 Å². The molecule has 0 bridgehead atoms. The van der Waals surface area contributed by atoms with E-state index in [2.05, 4.69) is 265 Å². The summed E-state index contributed by atoms with van der Waals surface area (Å²) in [4.78, 5) is 4.75. The molecule has 3 aliphatic rings. The third kappa shape index (κ3) is 5.50. The van der Waals surface area contributed by atoms with Gasteiger partial charge in [-0.2, -0.15) is 0 Å². The average Bonchev–Trinajstić information content (AvgIpc) is 3.82. The van der Waals surface area contributed by atoms with E-state index in [4.69, 9.17) is 4.74 Å². The van der Waals surface area contributed by atoms with Crippen LogP contribution in [0.5, 0.6) is 11.5 Å². The molecule has 3 heteroatoms. The number of hydrogen-bond acceptors (Lipinski definition) is 3. The van der Waals surface area contributed by atoms with E-state index in [0.29, 0.717) is 0 Å². The van der Waals surface area contributed by atoms with Gasteiger partial charge in [0, 0.05) is 56.7 Å². The maximum Gasteiger partial charge on any atom is 0.134 e. The molecule has 3 nitrogen and oxygen atoms in total. The third-order valence-corrected chi connectivity index (χ3v) is 14.4. The van der Waals surface area contributed by atoms with E-state index in [1.807, 2.05) is 0 Å². The molecule has 2 aliphatic carbocycles. The third-order valence-electron chi connectivity index (χ3n) is 14.4. The number of fused-ring (bicyclic) bond motifs is 12. The van der Waals surface area contributed by atoms with Crippen molar-refractivity contribution in [3.63, 3.8) is 0 Å². The van der Waals surface area contributed by atoms with Gasteiger partial charge in [0.05, 0.1) is 5.41 Å². The van der Waals surface area contributed by atoms with Gasteiger partial charge in [0.1, 0.15) is 11.5 Å². The smallest absolute Gasteiger partial charge is 0.134 e. The first kappa shape index (κ1) is 38.1. The minimum atomic E-state index is -0.655. The van der Waals surface area contributed by atoms with Gasteiger partial charge in [-0.1, -0.05) is 170 Å². The van der Waals surface area contributed by atoms with Crippen LogP contribution in [0.3, 0.4) is 0 Å². The lowest BCUT2D eigenvalue weighted by Gasteiger charge is -2.40. The molecule has 0 fully saturated rings. The number of ether oxygens (including phenoxy) is 1. The molecule has 2 atom stereocenters. The second kappa shape index (κ2) is 14.8. The van der Waals surface area contributed by atoms with Gasteiger partial charge in [0.2, 0.25) is 0 Å². The molecule has 10 aromatic rings. The minimum Gasteiger partial charge on any atom is -0.457 e. The molecule has 1 aliphatic heterocycles. The van der Waals surface area contributed by atoms with Gasteiger partial charge >= 0.3 is 0 Å². The molecule has 0 saturated heterocycles. The summed E-state index contributed by atoms with van der Waals surface area (Å²) in [6.07, 6.45) is 0. The molecule has 0 radical (unpaired) electrons. The Kier molecular flexibility index (Phi) is 8.56. The van der Waals surface area contributed by atoms with Crippen molar-refractivity contribution >= 4 is 34.1 Å². The first-order valence-electron chi connectivity index (χ1n) is 22.8. The van der Waals surface area contributed by atoms with Gasteiger partial charge in [-0.05, 0) is 130 Å². The van der Waals surface area contributed by atoms with Crippen molar-refractivity contribution in [1.82, 2.24) is 0 Å². The lowest BCUT2D eigenvalue weighted by atomic mass is 9.66. The van der Waals surface area contributed by atoms with Crippen molar-refractivity contribution in [2.45, 2.75) is 17.8 Å². The zero-order valence-corrected chi connectivity index (χ0v) is 36.5. The fraction of sp³-hybridized carbons (Fsp3) is 0.0476. The zero-order chi connectivity index (χ0) is 43.8. The predicted molar refractivity (Wildman–Crippen MR) is 271 cm³/mol. The summed E-state index contributed by atoms with van der Waals surface area (Å²) in [7, 11) is 0. The van der Waals surface area contributed by atoms with Crippen molar-refractivity contribution in [2.75, 3.05) is 9.80 Å². The maximum atomic E-state index is 7.14. The van der Waals surface area contributed by atoms with Crippen molar-refractivity contribution < 1.29 is 4.74 Å². The van der Waals surface area contributed by atoms with Crippen molar-refractivity contribution in [1.29, 1.82) is 0 Å². The lowest BCUT2D eigenvalue weighted by Crippen LogP contribution is -2.32. The van der Waals surface area contributed by atoms with Gasteiger partial charge < -0.3 is 14.5 Å². The minimum absolute atomic E-state index is 0.334. The molecule has 0 amide bonds. The van der Waals surface area contributed by atoms with E-state index >= 15 is 0 Å². The molecule has 312 valence electrons. The summed E-state index contributed by atoms with van der Waals surface area (Å²) in [6, 6.07) is 90.5. The Hall–Kier alpha value is -8.40. The van der Waals surface area contributed by atoms with Crippen LogP contribution in [0.15, 0.2) is 249 Å². The number of rotatable bonds is 7. The highest BCUT2D eigenvalue weighted by atomic mass is 16.5. The van der Waals surface area contributed by atoms with Crippen molar-refractivity contribution in [2.24, 2.45) is 0 Å². The summed E-state index contributed by atoms with van der Waals surface area (Å²) >= 11 is 0. The zero-order valence-electron chi connectivity index (χ0n) is 36.5. The first-order chi connectivity index (χ1) is 32.6. The van der Waals surface area contributed by atoms with E-state index in [-0.39, 0.29) is 5.41 Å². The summed E-state index contributed by atoms with van der Waals surface area (Å²) in [5, 5.41) is 0. The predicted octanol–water partition coefficient (Wildman–Crippen LogP) is 16.4. The topological polar surface area (TPSA) is 15.7 Å². The normalized spacial score (nSPS) is 16.8. The van der Waals surface area contributed by atoms with Crippen LogP contribution in [0, 0.1) is 0 Å². The van der Waals surface area contributed by atoms with Crippen molar-refractivity contribution in [3.05, 3.63) is 288 Å². The lowest BCUT2D eigenvalue weighted by molar-refractivity contribution is 0.436. The fourth-order valence-corrected chi connectivity index (χ4v) is 11.5. The molecule has 0 aromatic heterocycles. The SMILES string of the molecule is CC1(c2ccccc2)c2ccccc2-c2ccc(N(c3ccccc3)c3ccc4c(c3)Oc3ccccc3C43c4ccccc4-c4ccc(N(c5ccccc5)c5ccccc5)cc43)cc21. The summed E-state index contributed by atoms with van der Waals surface area (Å²) < 4.78 is 7.14. The van der Waals surface area contributed by atoms with E-state index in [0.717, 1.165) is 56.8 Å². The van der Waals surface area contributed by atoms with Crippen LogP contribution in [0.1, 0.15) is 45.9 Å². The van der Waals surface area contributed by atoms with E-state index in [1.165, 1.54) is 50.1 Å². The Morgan fingerprint density at radius 1 is 0.288 bits per heavy atom. The Morgan fingerprint density at radius 3 is 1.32 bits per heavy atom. The second-order valence-electron chi connectivity index (χ2n) is 17.7. The Balaban J connectivity index is 1.02. The highest BCUT2D eigenvalue weighted by Gasteiger charge is 2.51. The molecular weight excluding hydrogens is 801 g/mol. The van der Waals surface area contributed by atoms with Gasteiger partial charge in [0.25, 0.3) is 0 Å². The highest BCUT2D eigenvalue weighted by Crippen LogP contribution is 2.63. The molecule has 1 spiro atoms. The Labute approximate surface area is 386 Å². The van der Waals surface area contributed by atoms with E-state index < -0.39 is 5.41 Å². The number of anilines is 6. The van der Waals surface area contributed by atoms with Crippen LogP contribution in [-0.4, -0.2) is 0 Å². The van der Waals surface area contributed by atoms with Gasteiger partial charge in [-0.15, -0.1) is 0 Å². The molecule has 0 saturated carbocycles. The summed E-state index contributed by atoms with van der Waals surface area (Å²) in [5.41, 5.74) is 19.2. The number of benzene rings is 10. The van der Waals surface area contributed by atoms with Crippen LogP contribution in [0.4, 0.5) is 34.1 Å². The fourth-order valence-electron chi connectivity index (χ4n) is 11.5. The van der Waals surface area contributed by atoms with Crippen LogP contribution < -0.4 is 14.5 Å². The van der Waals surface area contributed by atoms with Gasteiger partial charge in [-0.3, -0.25) is 0 Å². The Bertz CT molecular complexity index is 3440. The van der Waals surface area contributed by atoms with E-state index in [1.54, 1.807) is 0 Å². The first-order valence-corrected chi connectivity index (χ1v) is 22.8. The molecule has 0 N–H and O–H groups in total. The standard InChI is InChI=1S/C63H44N2O/c1-62(43-20-6-2-7-21-43)54-30-16-14-28-50(54)52-37-34-47(40-58(52)62)65(46-26-12-5-13-27-46)49-36-39-57-61(42-49)66-60-33-19-18-32-56(60)63(57)55-31-17-15-29-51(55)53-38-35-48(41-59(53)63)64(44-22-8-3-9-23-44)45-24-10-4-11-25-45/h2-42H,1H3. The average molecular weight is 845 g/mol. The number of nitrogens with zero attached hydrogens (tertiary/aromatic N) is 2. The largest absolute Gasteiger partial charge is 0.457 e. The molecular formula is C63H44N2O. The summed E-state index contributed by atoms with van der Waals surface area (Å²) in [5.74, 6) is 1.70. The number of hydrogen-bond donors (Lipinski definition) is 0. The second-order valence-corrected chi connectivity index (χ2v) is 17.7. The monoisotopic (exact) mass is 844 g/mol. The van der Waals surface area contributed by atoms with Crippen LogP contribution in [0.2, 0.25) is 0 Å². The molecule has 10 aromatic carbocycles. The Morgan fingerprint density at radius 2 is 0.697 bits per heavy atom. The molecule has 13 rings (SSSR count). The quantitative estimate of drug-likeness (QED) is 0.159. The van der Waals surface area contributed by atoms with Crippen LogP contribution in [0.25, 0.3) is 22.3 Å².